The Balaban J connectivity index is 1.79. The molecule has 1 aromatic heterocycles. The summed E-state index contributed by atoms with van der Waals surface area (Å²) in [5.74, 6) is 1.99. The first-order valence-corrected chi connectivity index (χ1v) is 7.13. The highest BCUT2D eigenvalue weighted by Crippen LogP contribution is 2.30. The van der Waals surface area contributed by atoms with Crippen molar-refractivity contribution in [1.82, 2.24) is 9.97 Å². The molecule has 2 rings (SSSR count). The van der Waals surface area contributed by atoms with Crippen LogP contribution in [0.5, 0.6) is 0 Å². The van der Waals surface area contributed by atoms with E-state index in [-0.39, 0.29) is 0 Å². The number of hydrogen-bond acceptors (Lipinski definition) is 4. The van der Waals surface area contributed by atoms with E-state index in [1.807, 2.05) is 0 Å². The summed E-state index contributed by atoms with van der Waals surface area (Å²) in [5.41, 5.74) is 0. The van der Waals surface area contributed by atoms with E-state index in [0.29, 0.717) is 11.8 Å². The second-order valence-electron chi connectivity index (χ2n) is 5.48. The number of halogens is 1. The van der Waals surface area contributed by atoms with Gasteiger partial charge in [-0.15, -0.1) is 0 Å². The fraction of sp³-hybridized carbons (Fsp3) is 0.714. The lowest BCUT2D eigenvalue weighted by Gasteiger charge is -2.26. The highest BCUT2D eigenvalue weighted by Gasteiger charge is 2.17. The molecule has 0 amide bonds. The van der Waals surface area contributed by atoms with E-state index in [1.54, 1.807) is 7.05 Å². The molecule has 0 aliphatic heterocycles. The average Bonchev–Trinajstić information content (AvgIpc) is 2.43. The Morgan fingerprint density at radius 3 is 2.74 bits per heavy atom. The van der Waals surface area contributed by atoms with Crippen molar-refractivity contribution >= 4 is 11.8 Å². The lowest BCUT2D eigenvalue weighted by Crippen LogP contribution is -2.16. The molecule has 106 valence electrons. The third-order valence-electron chi connectivity index (χ3n) is 3.95. The van der Waals surface area contributed by atoms with E-state index in [9.17, 15) is 4.39 Å². The Kier molecular flexibility index (Phi) is 4.93. The molecule has 4 nitrogen and oxygen atoms in total. The van der Waals surface area contributed by atoms with Gasteiger partial charge >= 0.3 is 0 Å². The minimum atomic E-state index is -0.392. The van der Waals surface area contributed by atoms with Crippen LogP contribution >= 0.6 is 0 Å². The van der Waals surface area contributed by atoms with Gasteiger partial charge in [0, 0.05) is 13.6 Å². The van der Waals surface area contributed by atoms with Crippen molar-refractivity contribution < 1.29 is 4.39 Å². The molecular weight excluding hydrogens is 243 g/mol. The van der Waals surface area contributed by atoms with E-state index in [1.165, 1.54) is 31.9 Å². The molecule has 1 heterocycles. The molecule has 2 N–H and O–H groups in total. The van der Waals surface area contributed by atoms with Crippen LogP contribution in [0.15, 0.2) is 6.20 Å². The van der Waals surface area contributed by atoms with Crippen LogP contribution in [0.1, 0.15) is 39.0 Å². The minimum Gasteiger partial charge on any atom is -0.367 e. The SMILES string of the molecule is CNc1ncc(F)c(NCCC2CCC(C)CC2)n1. The van der Waals surface area contributed by atoms with Crippen molar-refractivity contribution in [2.75, 3.05) is 24.2 Å². The van der Waals surface area contributed by atoms with Gasteiger partial charge < -0.3 is 10.6 Å². The predicted molar refractivity (Wildman–Crippen MR) is 75.8 cm³/mol. The van der Waals surface area contributed by atoms with E-state index in [4.69, 9.17) is 0 Å². The van der Waals surface area contributed by atoms with Crippen molar-refractivity contribution in [2.24, 2.45) is 11.8 Å². The average molecular weight is 266 g/mol. The van der Waals surface area contributed by atoms with Gasteiger partial charge in [-0.1, -0.05) is 32.6 Å². The lowest BCUT2D eigenvalue weighted by atomic mass is 9.81. The normalized spacial score (nSPS) is 23.1. The number of anilines is 2. The van der Waals surface area contributed by atoms with Crippen molar-refractivity contribution in [1.29, 1.82) is 0 Å². The summed E-state index contributed by atoms with van der Waals surface area (Å²) in [6, 6.07) is 0. The second-order valence-corrected chi connectivity index (χ2v) is 5.48. The summed E-state index contributed by atoms with van der Waals surface area (Å²) in [4.78, 5) is 7.90. The lowest BCUT2D eigenvalue weighted by molar-refractivity contribution is 0.282. The van der Waals surface area contributed by atoms with Crippen molar-refractivity contribution in [3.8, 4) is 0 Å². The summed E-state index contributed by atoms with van der Waals surface area (Å²) in [5, 5.41) is 5.89. The Morgan fingerprint density at radius 2 is 2.05 bits per heavy atom. The first-order chi connectivity index (χ1) is 9.19. The minimum absolute atomic E-state index is 0.295. The van der Waals surface area contributed by atoms with Crippen LogP contribution in [-0.2, 0) is 0 Å². The second kappa shape index (κ2) is 6.68. The van der Waals surface area contributed by atoms with Crippen LogP contribution < -0.4 is 10.6 Å². The van der Waals surface area contributed by atoms with E-state index in [0.717, 1.165) is 24.8 Å². The Hall–Kier alpha value is -1.39. The maximum absolute atomic E-state index is 13.5. The topological polar surface area (TPSA) is 49.8 Å². The Morgan fingerprint density at radius 1 is 1.32 bits per heavy atom. The van der Waals surface area contributed by atoms with Crippen LogP contribution in [0, 0.1) is 17.7 Å². The van der Waals surface area contributed by atoms with Gasteiger partial charge in [0.15, 0.2) is 11.6 Å². The molecule has 0 aromatic carbocycles. The Labute approximate surface area is 114 Å². The molecule has 0 spiro atoms. The molecule has 1 saturated carbocycles. The first-order valence-electron chi connectivity index (χ1n) is 7.13. The monoisotopic (exact) mass is 266 g/mol. The van der Waals surface area contributed by atoms with Gasteiger partial charge in [0.05, 0.1) is 6.20 Å². The van der Waals surface area contributed by atoms with Gasteiger partial charge in [0.1, 0.15) is 0 Å². The summed E-state index contributed by atoms with van der Waals surface area (Å²) in [7, 11) is 1.72. The molecule has 5 heteroatoms. The number of rotatable bonds is 5. The molecular formula is C14H23FN4. The zero-order chi connectivity index (χ0) is 13.7. The first kappa shape index (κ1) is 14.0. The van der Waals surface area contributed by atoms with E-state index < -0.39 is 5.82 Å². The fourth-order valence-corrected chi connectivity index (χ4v) is 2.62. The van der Waals surface area contributed by atoms with Crippen LogP contribution in [0.2, 0.25) is 0 Å². The van der Waals surface area contributed by atoms with Gasteiger partial charge in [-0.3, -0.25) is 0 Å². The van der Waals surface area contributed by atoms with Gasteiger partial charge in [-0.2, -0.15) is 4.98 Å². The van der Waals surface area contributed by atoms with Crippen LogP contribution in [-0.4, -0.2) is 23.6 Å². The number of nitrogens with zero attached hydrogens (tertiary/aromatic N) is 2. The smallest absolute Gasteiger partial charge is 0.224 e. The molecule has 1 aliphatic rings. The molecule has 0 unspecified atom stereocenters. The maximum Gasteiger partial charge on any atom is 0.224 e. The van der Waals surface area contributed by atoms with Gasteiger partial charge in [0.2, 0.25) is 5.95 Å². The third-order valence-corrected chi connectivity index (χ3v) is 3.95. The van der Waals surface area contributed by atoms with Crippen LogP contribution in [0.3, 0.4) is 0 Å². The largest absolute Gasteiger partial charge is 0.367 e. The van der Waals surface area contributed by atoms with Gasteiger partial charge in [-0.25, -0.2) is 9.37 Å². The maximum atomic E-state index is 13.5. The van der Waals surface area contributed by atoms with Crippen LogP contribution in [0.4, 0.5) is 16.2 Å². The van der Waals surface area contributed by atoms with Gasteiger partial charge in [-0.05, 0) is 18.3 Å². The fourth-order valence-electron chi connectivity index (χ4n) is 2.62. The number of nitrogens with one attached hydrogen (secondary N) is 2. The number of aromatic nitrogens is 2. The molecule has 0 saturated heterocycles. The Bertz CT molecular complexity index is 402. The van der Waals surface area contributed by atoms with E-state index in [2.05, 4.69) is 27.5 Å². The summed E-state index contributed by atoms with van der Waals surface area (Å²) in [6.07, 6.45) is 7.55. The quantitative estimate of drug-likeness (QED) is 0.858. The molecule has 0 bridgehead atoms. The highest BCUT2D eigenvalue weighted by molar-refractivity contribution is 5.40. The summed E-state index contributed by atoms with van der Waals surface area (Å²) in [6.45, 7) is 3.10. The molecule has 0 atom stereocenters. The zero-order valence-corrected chi connectivity index (χ0v) is 11.7. The van der Waals surface area contributed by atoms with Crippen molar-refractivity contribution in [3.05, 3.63) is 12.0 Å². The number of hydrogen-bond donors (Lipinski definition) is 2. The molecule has 1 aliphatic carbocycles. The zero-order valence-electron chi connectivity index (χ0n) is 11.7. The summed E-state index contributed by atoms with van der Waals surface area (Å²) < 4.78 is 13.5. The molecule has 0 radical (unpaired) electrons. The van der Waals surface area contributed by atoms with Crippen molar-refractivity contribution in [2.45, 2.75) is 39.0 Å². The van der Waals surface area contributed by atoms with E-state index >= 15 is 0 Å². The molecule has 19 heavy (non-hydrogen) atoms. The third kappa shape index (κ3) is 4.04. The highest BCUT2D eigenvalue weighted by atomic mass is 19.1. The van der Waals surface area contributed by atoms with Crippen LogP contribution in [0.25, 0.3) is 0 Å². The van der Waals surface area contributed by atoms with Gasteiger partial charge in [0.25, 0.3) is 0 Å². The standard InChI is InChI=1S/C14H23FN4/c1-10-3-5-11(6-4-10)7-8-17-13-12(15)9-18-14(16-2)19-13/h9-11H,3-8H2,1-2H3,(H2,16,17,18,19). The molecule has 1 aromatic rings. The van der Waals surface area contributed by atoms with Crippen molar-refractivity contribution in [3.63, 3.8) is 0 Å². The molecule has 1 fully saturated rings. The predicted octanol–water partition coefficient (Wildman–Crippen LogP) is 3.29. The summed E-state index contributed by atoms with van der Waals surface area (Å²) >= 11 is 0.